The smallest absolute Gasteiger partial charge is 0.255 e. The van der Waals surface area contributed by atoms with Crippen molar-refractivity contribution in [3.63, 3.8) is 0 Å². The Morgan fingerprint density at radius 3 is 2.39 bits per heavy atom. The maximum Gasteiger partial charge on any atom is 0.255 e. The lowest BCUT2D eigenvalue weighted by Crippen LogP contribution is -2.44. The molecule has 1 heterocycles. The van der Waals surface area contributed by atoms with Crippen molar-refractivity contribution in [2.75, 3.05) is 18.4 Å². The highest BCUT2D eigenvalue weighted by atomic mass is 35.5. The molecule has 0 saturated carbocycles. The molecule has 1 saturated heterocycles. The third-order valence-corrected chi connectivity index (χ3v) is 5.88. The van der Waals surface area contributed by atoms with Gasteiger partial charge in [-0.1, -0.05) is 24.6 Å². The molecular formula is C24H28ClN3O3. The Morgan fingerprint density at radius 1 is 1.06 bits per heavy atom. The number of halogens is 1. The second-order valence-electron chi connectivity index (χ2n) is 7.93. The van der Waals surface area contributed by atoms with Crippen LogP contribution in [0.1, 0.15) is 53.8 Å². The zero-order chi connectivity index (χ0) is 22.4. The van der Waals surface area contributed by atoms with E-state index in [0.717, 1.165) is 6.42 Å². The highest BCUT2D eigenvalue weighted by Gasteiger charge is 2.28. The Labute approximate surface area is 188 Å². The van der Waals surface area contributed by atoms with Crippen LogP contribution >= 0.6 is 11.6 Å². The number of carbonyl (C=O) groups excluding carboxylic acids is 3. The largest absolute Gasteiger partial charge is 0.353 e. The molecule has 1 aliphatic heterocycles. The Morgan fingerprint density at radius 2 is 1.74 bits per heavy atom. The summed E-state index contributed by atoms with van der Waals surface area (Å²) in [5.41, 5.74) is 1.55. The zero-order valence-electron chi connectivity index (χ0n) is 17.9. The van der Waals surface area contributed by atoms with Crippen molar-refractivity contribution in [3.8, 4) is 0 Å². The molecule has 6 nitrogen and oxygen atoms in total. The van der Waals surface area contributed by atoms with Crippen LogP contribution in [0, 0.1) is 5.92 Å². The normalized spacial score (nSPS) is 15.3. The van der Waals surface area contributed by atoms with Gasteiger partial charge in [-0.3, -0.25) is 14.4 Å². The molecule has 2 N–H and O–H groups in total. The van der Waals surface area contributed by atoms with Crippen molar-refractivity contribution in [2.45, 2.75) is 39.2 Å². The predicted octanol–water partition coefficient (Wildman–Crippen LogP) is 4.36. The summed E-state index contributed by atoms with van der Waals surface area (Å²) < 4.78 is 0. The second kappa shape index (κ2) is 10.4. The van der Waals surface area contributed by atoms with E-state index in [2.05, 4.69) is 10.6 Å². The number of rotatable bonds is 6. The molecule has 7 heteroatoms. The van der Waals surface area contributed by atoms with E-state index < -0.39 is 0 Å². The molecule has 0 radical (unpaired) electrons. The van der Waals surface area contributed by atoms with Gasteiger partial charge in [-0.25, -0.2) is 0 Å². The van der Waals surface area contributed by atoms with Crippen LogP contribution in [0.3, 0.4) is 0 Å². The highest BCUT2D eigenvalue weighted by molar-refractivity contribution is 6.30. The van der Waals surface area contributed by atoms with Gasteiger partial charge in [0.25, 0.3) is 11.8 Å². The van der Waals surface area contributed by atoms with Crippen LogP contribution in [0.15, 0.2) is 48.5 Å². The Balaban J connectivity index is 1.58. The van der Waals surface area contributed by atoms with Crippen molar-refractivity contribution >= 4 is 35.0 Å². The number of hydrogen-bond donors (Lipinski definition) is 2. The van der Waals surface area contributed by atoms with Crippen LogP contribution in [0.2, 0.25) is 5.02 Å². The van der Waals surface area contributed by atoms with Gasteiger partial charge in [-0.05, 0) is 68.7 Å². The number of nitrogens with zero attached hydrogens (tertiary/aromatic N) is 1. The molecule has 0 aliphatic carbocycles. The number of likely N-dealkylation sites (tertiary alicyclic amines) is 1. The molecule has 3 amide bonds. The standard InChI is InChI=1S/C24H28ClN3O3/c1-3-16(2)26-22(29)18-11-13-28(14-12-18)24(31)19-5-4-6-21(15-19)27-23(30)17-7-9-20(25)10-8-17/h4-10,15-16,18H,3,11-14H2,1-2H3,(H,26,29)(H,27,30). The van der Waals surface area contributed by atoms with Gasteiger partial charge in [0.15, 0.2) is 0 Å². The summed E-state index contributed by atoms with van der Waals surface area (Å²) in [6.45, 7) is 5.12. The SMILES string of the molecule is CCC(C)NC(=O)C1CCN(C(=O)c2cccc(NC(=O)c3ccc(Cl)cc3)c2)CC1. The first-order chi connectivity index (χ1) is 14.9. The van der Waals surface area contributed by atoms with E-state index in [1.165, 1.54) is 0 Å². The van der Waals surface area contributed by atoms with Gasteiger partial charge in [-0.15, -0.1) is 0 Å². The molecule has 1 aliphatic rings. The summed E-state index contributed by atoms with van der Waals surface area (Å²) in [7, 11) is 0. The van der Waals surface area contributed by atoms with Gasteiger partial charge in [-0.2, -0.15) is 0 Å². The number of benzene rings is 2. The van der Waals surface area contributed by atoms with E-state index in [0.29, 0.717) is 47.8 Å². The predicted molar refractivity (Wildman–Crippen MR) is 122 cm³/mol. The number of anilines is 1. The number of hydrogen-bond acceptors (Lipinski definition) is 3. The summed E-state index contributed by atoms with van der Waals surface area (Å²) in [4.78, 5) is 39.5. The molecule has 31 heavy (non-hydrogen) atoms. The van der Waals surface area contributed by atoms with Crippen LogP contribution in [0.4, 0.5) is 5.69 Å². The highest BCUT2D eigenvalue weighted by Crippen LogP contribution is 2.21. The van der Waals surface area contributed by atoms with Crippen molar-refractivity contribution in [1.29, 1.82) is 0 Å². The topological polar surface area (TPSA) is 78.5 Å². The fourth-order valence-corrected chi connectivity index (χ4v) is 3.65. The Kier molecular flexibility index (Phi) is 7.69. The first kappa shape index (κ1) is 22.8. The minimum atomic E-state index is -0.269. The van der Waals surface area contributed by atoms with Gasteiger partial charge >= 0.3 is 0 Å². The number of nitrogens with one attached hydrogen (secondary N) is 2. The van der Waals surface area contributed by atoms with Crippen LogP contribution < -0.4 is 10.6 Å². The minimum Gasteiger partial charge on any atom is -0.353 e. The molecular weight excluding hydrogens is 414 g/mol. The van der Waals surface area contributed by atoms with Crippen LogP contribution in [-0.4, -0.2) is 41.8 Å². The fourth-order valence-electron chi connectivity index (χ4n) is 3.52. The first-order valence-corrected chi connectivity index (χ1v) is 11.0. The third-order valence-electron chi connectivity index (χ3n) is 5.63. The van der Waals surface area contributed by atoms with Crippen molar-refractivity contribution in [1.82, 2.24) is 10.2 Å². The maximum atomic E-state index is 12.9. The summed E-state index contributed by atoms with van der Waals surface area (Å²) in [6.07, 6.45) is 2.20. The van der Waals surface area contributed by atoms with Crippen LogP contribution in [-0.2, 0) is 4.79 Å². The molecule has 0 bridgehead atoms. The van der Waals surface area contributed by atoms with E-state index in [1.54, 1.807) is 53.4 Å². The second-order valence-corrected chi connectivity index (χ2v) is 8.36. The lowest BCUT2D eigenvalue weighted by molar-refractivity contribution is -0.126. The minimum absolute atomic E-state index is 0.0527. The van der Waals surface area contributed by atoms with E-state index in [4.69, 9.17) is 11.6 Å². The van der Waals surface area contributed by atoms with Crippen LogP contribution in [0.25, 0.3) is 0 Å². The fraction of sp³-hybridized carbons (Fsp3) is 0.375. The van der Waals surface area contributed by atoms with Gasteiger partial charge in [0.1, 0.15) is 0 Å². The summed E-state index contributed by atoms with van der Waals surface area (Å²) >= 11 is 5.86. The third kappa shape index (κ3) is 6.07. The molecule has 0 aromatic heterocycles. The van der Waals surface area contributed by atoms with Gasteiger partial charge < -0.3 is 15.5 Å². The Bertz CT molecular complexity index is 937. The quantitative estimate of drug-likeness (QED) is 0.699. The number of piperidine rings is 1. The molecule has 2 aromatic rings. The zero-order valence-corrected chi connectivity index (χ0v) is 18.6. The van der Waals surface area contributed by atoms with E-state index in [9.17, 15) is 14.4 Å². The summed E-state index contributed by atoms with van der Waals surface area (Å²) in [5, 5.41) is 6.40. The lowest BCUT2D eigenvalue weighted by atomic mass is 9.95. The molecule has 1 unspecified atom stereocenters. The molecule has 164 valence electrons. The first-order valence-electron chi connectivity index (χ1n) is 10.6. The molecule has 3 rings (SSSR count). The Hall–Kier alpha value is -2.86. The molecule has 0 spiro atoms. The number of amides is 3. The monoisotopic (exact) mass is 441 g/mol. The summed E-state index contributed by atoms with van der Waals surface area (Å²) in [6, 6.07) is 13.7. The maximum absolute atomic E-state index is 12.9. The van der Waals surface area contributed by atoms with Crippen molar-refractivity contribution < 1.29 is 14.4 Å². The number of carbonyl (C=O) groups is 3. The van der Waals surface area contributed by atoms with Gasteiger partial charge in [0.2, 0.25) is 5.91 Å². The van der Waals surface area contributed by atoms with E-state index >= 15 is 0 Å². The van der Waals surface area contributed by atoms with Crippen LogP contribution in [0.5, 0.6) is 0 Å². The average Bonchev–Trinajstić information content (AvgIpc) is 2.79. The average molecular weight is 442 g/mol. The molecule has 1 atom stereocenters. The van der Waals surface area contributed by atoms with E-state index in [-0.39, 0.29) is 29.7 Å². The molecule has 1 fully saturated rings. The van der Waals surface area contributed by atoms with Gasteiger partial charge in [0, 0.05) is 46.9 Å². The van der Waals surface area contributed by atoms with Gasteiger partial charge in [0.05, 0.1) is 0 Å². The molecule has 2 aromatic carbocycles. The lowest BCUT2D eigenvalue weighted by Gasteiger charge is -2.32. The van der Waals surface area contributed by atoms with Crippen molar-refractivity contribution in [2.24, 2.45) is 5.92 Å². The summed E-state index contributed by atoms with van der Waals surface area (Å²) in [5.74, 6) is -0.339. The van der Waals surface area contributed by atoms with Crippen molar-refractivity contribution in [3.05, 3.63) is 64.7 Å². The van der Waals surface area contributed by atoms with E-state index in [1.807, 2.05) is 13.8 Å².